The van der Waals surface area contributed by atoms with E-state index in [1.165, 1.54) is 6.20 Å². The van der Waals surface area contributed by atoms with E-state index in [4.69, 9.17) is 0 Å². The standard InChI is InChI=1S/C9H6F2N2OS/c10-5-1-2-7(11)6(3-5)9(14)8-4-12-15-13-8/h1-4,9,14H. The number of rotatable bonds is 2. The average molecular weight is 228 g/mol. The van der Waals surface area contributed by atoms with E-state index < -0.39 is 17.7 Å². The Morgan fingerprint density at radius 2 is 2.13 bits per heavy atom. The molecule has 3 nitrogen and oxygen atoms in total. The van der Waals surface area contributed by atoms with Crippen molar-refractivity contribution in [3.8, 4) is 0 Å². The summed E-state index contributed by atoms with van der Waals surface area (Å²) < 4.78 is 33.5. The van der Waals surface area contributed by atoms with Gasteiger partial charge in [0.2, 0.25) is 0 Å². The molecule has 1 N–H and O–H groups in total. The molecule has 1 heterocycles. The van der Waals surface area contributed by atoms with Gasteiger partial charge in [0.15, 0.2) is 0 Å². The van der Waals surface area contributed by atoms with Gasteiger partial charge in [0, 0.05) is 5.56 Å². The molecule has 78 valence electrons. The first-order chi connectivity index (χ1) is 7.18. The van der Waals surface area contributed by atoms with Crippen molar-refractivity contribution >= 4 is 11.7 Å². The smallest absolute Gasteiger partial charge is 0.129 e. The minimum Gasteiger partial charge on any atom is -0.382 e. The topological polar surface area (TPSA) is 46.0 Å². The van der Waals surface area contributed by atoms with Crippen molar-refractivity contribution in [1.29, 1.82) is 0 Å². The van der Waals surface area contributed by atoms with Crippen LogP contribution in [0.25, 0.3) is 0 Å². The number of nitrogens with zero attached hydrogens (tertiary/aromatic N) is 2. The number of hydrogen-bond acceptors (Lipinski definition) is 4. The van der Waals surface area contributed by atoms with Crippen LogP contribution in [0.5, 0.6) is 0 Å². The highest BCUT2D eigenvalue weighted by molar-refractivity contribution is 6.99. The van der Waals surface area contributed by atoms with Crippen LogP contribution < -0.4 is 0 Å². The predicted octanol–water partition coefficient (Wildman–Crippen LogP) is 1.90. The summed E-state index contributed by atoms with van der Waals surface area (Å²) in [6.45, 7) is 0. The van der Waals surface area contributed by atoms with E-state index in [0.29, 0.717) is 0 Å². The van der Waals surface area contributed by atoms with Crippen LogP contribution in [0, 0.1) is 11.6 Å². The molecule has 2 aromatic rings. The summed E-state index contributed by atoms with van der Waals surface area (Å²) in [7, 11) is 0. The Bertz CT molecular complexity index is 461. The van der Waals surface area contributed by atoms with Crippen molar-refractivity contribution in [1.82, 2.24) is 8.75 Å². The highest BCUT2D eigenvalue weighted by Crippen LogP contribution is 2.23. The van der Waals surface area contributed by atoms with Crippen LogP contribution in [-0.4, -0.2) is 13.9 Å². The van der Waals surface area contributed by atoms with Crippen LogP contribution in [0.15, 0.2) is 24.4 Å². The number of aliphatic hydroxyl groups is 1. The van der Waals surface area contributed by atoms with Gasteiger partial charge in [0.25, 0.3) is 0 Å². The number of halogens is 2. The van der Waals surface area contributed by atoms with Crippen LogP contribution in [0.1, 0.15) is 17.4 Å². The zero-order valence-electron chi connectivity index (χ0n) is 7.39. The van der Waals surface area contributed by atoms with Gasteiger partial charge in [0.1, 0.15) is 23.4 Å². The van der Waals surface area contributed by atoms with Crippen LogP contribution in [0.2, 0.25) is 0 Å². The first-order valence-corrected chi connectivity index (χ1v) is 4.82. The third-order valence-electron chi connectivity index (χ3n) is 1.91. The van der Waals surface area contributed by atoms with Gasteiger partial charge in [-0.25, -0.2) is 8.78 Å². The first-order valence-electron chi connectivity index (χ1n) is 4.09. The minimum absolute atomic E-state index is 0.136. The summed E-state index contributed by atoms with van der Waals surface area (Å²) >= 11 is 0.896. The second-order valence-electron chi connectivity index (χ2n) is 2.90. The molecule has 0 saturated carbocycles. The Morgan fingerprint density at radius 1 is 1.33 bits per heavy atom. The molecule has 0 spiro atoms. The molecule has 1 atom stereocenters. The Balaban J connectivity index is 2.41. The molecule has 2 rings (SSSR count). The monoisotopic (exact) mass is 228 g/mol. The van der Waals surface area contributed by atoms with E-state index in [1.54, 1.807) is 0 Å². The number of benzene rings is 1. The lowest BCUT2D eigenvalue weighted by Crippen LogP contribution is -2.03. The zero-order valence-corrected chi connectivity index (χ0v) is 8.21. The molecular weight excluding hydrogens is 222 g/mol. The van der Waals surface area contributed by atoms with Crippen LogP contribution >= 0.6 is 11.7 Å². The summed E-state index contributed by atoms with van der Waals surface area (Å²) in [6, 6.07) is 2.90. The second-order valence-corrected chi connectivity index (χ2v) is 3.46. The molecule has 0 fully saturated rings. The van der Waals surface area contributed by atoms with Crippen molar-refractivity contribution in [2.45, 2.75) is 6.10 Å². The lowest BCUT2D eigenvalue weighted by molar-refractivity contribution is 0.210. The lowest BCUT2D eigenvalue weighted by Gasteiger charge is -2.08. The fraction of sp³-hybridized carbons (Fsp3) is 0.111. The highest BCUT2D eigenvalue weighted by atomic mass is 32.1. The summed E-state index contributed by atoms with van der Waals surface area (Å²) in [5.74, 6) is -1.27. The van der Waals surface area contributed by atoms with E-state index >= 15 is 0 Å². The zero-order chi connectivity index (χ0) is 10.8. The average Bonchev–Trinajstić information content (AvgIpc) is 2.74. The van der Waals surface area contributed by atoms with Crippen LogP contribution in [0.4, 0.5) is 8.78 Å². The van der Waals surface area contributed by atoms with Gasteiger partial charge in [-0.2, -0.15) is 8.75 Å². The highest BCUT2D eigenvalue weighted by Gasteiger charge is 2.17. The first kappa shape index (κ1) is 10.1. The summed E-state index contributed by atoms with van der Waals surface area (Å²) in [4.78, 5) is 0. The molecule has 15 heavy (non-hydrogen) atoms. The van der Waals surface area contributed by atoms with E-state index in [9.17, 15) is 13.9 Å². The number of aromatic nitrogens is 2. The molecule has 0 amide bonds. The fourth-order valence-electron chi connectivity index (χ4n) is 1.18. The van der Waals surface area contributed by atoms with E-state index in [2.05, 4.69) is 8.75 Å². The van der Waals surface area contributed by atoms with Gasteiger partial charge < -0.3 is 5.11 Å². The molecule has 0 saturated heterocycles. The maximum absolute atomic E-state index is 13.2. The fourth-order valence-corrected chi connectivity index (χ4v) is 1.62. The Labute approximate surface area is 88.3 Å². The normalized spacial score (nSPS) is 12.7. The van der Waals surface area contributed by atoms with Crippen LogP contribution in [-0.2, 0) is 0 Å². The molecule has 1 aromatic carbocycles. The maximum Gasteiger partial charge on any atom is 0.129 e. The minimum atomic E-state index is -1.28. The molecule has 0 aliphatic carbocycles. The third-order valence-corrected chi connectivity index (χ3v) is 2.40. The Morgan fingerprint density at radius 3 is 2.80 bits per heavy atom. The summed E-state index contributed by atoms with van der Waals surface area (Å²) in [5.41, 5.74) is 0.0761. The largest absolute Gasteiger partial charge is 0.382 e. The molecule has 0 aliphatic rings. The lowest BCUT2D eigenvalue weighted by atomic mass is 10.1. The molecule has 1 aromatic heterocycles. The molecule has 0 aliphatic heterocycles. The molecule has 0 bridgehead atoms. The van der Waals surface area contributed by atoms with Gasteiger partial charge in [-0.3, -0.25) is 0 Å². The molecule has 0 radical (unpaired) electrons. The number of hydrogen-bond donors (Lipinski definition) is 1. The van der Waals surface area contributed by atoms with Crippen molar-refractivity contribution in [3.05, 3.63) is 47.3 Å². The summed E-state index contributed by atoms with van der Waals surface area (Å²) in [6.07, 6.45) is 0.0408. The van der Waals surface area contributed by atoms with Gasteiger partial charge in [-0.05, 0) is 18.2 Å². The molecular formula is C9H6F2N2OS. The van der Waals surface area contributed by atoms with Gasteiger partial charge in [-0.15, -0.1) is 0 Å². The van der Waals surface area contributed by atoms with Crippen LogP contribution in [0.3, 0.4) is 0 Å². The summed E-state index contributed by atoms with van der Waals surface area (Å²) in [5, 5.41) is 9.68. The Kier molecular flexibility index (Phi) is 2.70. The van der Waals surface area contributed by atoms with Gasteiger partial charge in [-0.1, -0.05) is 0 Å². The van der Waals surface area contributed by atoms with E-state index in [0.717, 1.165) is 29.9 Å². The van der Waals surface area contributed by atoms with Crippen molar-refractivity contribution in [2.24, 2.45) is 0 Å². The van der Waals surface area contributed by atoms with Gasteiger partial charge >= 0.3 is 0 Å². The van der Waals surface area contributed by atoms with Gasteiger partial charge in [0.05, 0.1) is 17.9 Å². The van der Waals surface area contributed by atoms with Crippen molar-refractivity contribution < 1.29 is 13.9 Å². The third kappa shape index (κ3) is 2.00. The number of aliphatic hydroxyl groups excluding tert-OH is 1. The van der Waals surface area contributed by atoms with E-state index in [-0.39, 0.29) is 11.3 Å². The SMILES string of the molecule is OC(c1cnsn1)c1cc(F)ccc1F. The molecule has 6 heteroatoms. The van der Waals surface area contributed by atoms with E-state index in [1.807, 2.05) is 0 Å². The Hall–Kier alpha value is -1.40. The van der Waals surface area contributed by atoms with Crippen molar-refractivity contribution in [3.63, 3.8) is 0 Å². The quantitative estimate of drug-likeness (QED) is 0.853. The van der Waals surface area contributed by atoms with Crippen molar-refractivity contribution in [2.75, 3.05) is 0 Å². The molecule has 1 unspecified atom stereocenters. The maximum atomic E-state index is 13.2. The predicted molar refractivity (Wildman–Crippen MR) is 50.3 cm³/mol. The second kappa shape index (κ2) is 4.00.